The van der Waals surface area contributed by atoms with Crippen LogP contribution in [0.4, 0.5) is 0 Å². The van der Waals surface area contributed by atoms with Crippen LogP contribution in [-0.2, 0) is 8.92 Å². The molecule has 1 aliphatic rings. The lowest BCUT2D eigenvalue weighted by Crippen LogP contribution is -2.39. The molecule has 1 fully saturated rings. The SMILES string of the molecule is CC1(CCCCCCCCCCCCOSI)COC1. The molecule has 0 aliphatic carbocycles. The van der Waals surface area contributed by atoms with Crippen LogP contribution in [0.1, 0.15) is 77.6 Å². The summed E-state index contributed by atoms with van der Waals surface area (Å²) >= 11 is 2.18. The number of hydrogen-bond donors (Lipinski definition) is 0. The first kappa shape index (κ1) is 19.0. The topological polar surface area (TPSA) is 18.5 Å². The first-order valence-corrected chi connectivity index (χ1v) is 11.5. The summed E-state index contributed by atoms with van der Waals surface area (Å²) in [5.74, 6) is 0. The van der Waals surface area contributed by atoms with Gasteiger partial charge in [0.25, 0.3) is 0 Å². The van der Waals surface area contributed by atoms with Crippen LogP contribution in [0.15, 0.2) is 0 Å². The second-order valence-electron chi connectivity index (χ2n) is 6.47. The largest absolute Gasteiger partial charge is 0.380 e. The van der Waals surface area contributed by atoms with Gasteiger partial charge in [0, 0.05) is 26.6 Å². The van der Waals surface area contributed by atoms with Crippen LogP contribution in [0, 0.1) is 5.41 Å². The zero-order valence-electron chi connectivity index (χ0n) is 13.0. The standard InChI is InChI=1S/C16H31IO2S/c1-16(14-18-15-16)12-10-8-6-4-2-3-5-7-9-11-13-19-20-17/h2-15H2,1H3. The summed E-state index contributed by atoms with van der Waals surface area (Å²) < 4.78 is 10.5. The highest BCUT2D eigenvalue weighted by Crippen LogP contribution is 2.32. The Hall–Kier alpha value is 1.00. The van der Waals surface area contributed by atoms with E-state index in [1.165, 1.54) is 79.8 Å². The predicted molar refractivity (Wildman–Crippen MR) is 97.3 cm³/mol. The van der Waals surface area contributed by atoms with Crippen LogP contribution in [0.25, 0.3) is 0 Å². The summed E-state index contributed by atoms with van der Waals surface area (Å²) in [7, 11) is 1.45. The molecule has 0 N–H and O–H groups in total. The second kappa shape index (κ2) is 12.5. The van der Waals surface area contributed by atoms with Gasteiger partial charge in [-0.15, -0.1) is 0 Å². The number of rotatable bonds is 14. The summed E-state index contributed by atoms with van der Waals surface area (Å²) in [6.45, 7) is 5.26. The maximum atomic E-state index is 5.29. The normalized spacial score (nSPS) is 17.1. The number of hydrogen-bond acceptors (Lipinski definition) is 3. The fourth-order valence-electron chi connectivity index (χ4n) is 2.75. The Bertz CT molecular complexity index is 223. The quantitative estimate of drug-likeness (QED) is 0.188. The molecule has 4 heteroatoms. The van der Waals surface area contributed by atoms with E-state index in [0.717, 1.165) is 19.8 Å². The van der Waals surface area contributed by atoms with Crippen LogP contribution < -0.4 is 0 Å². The molecule has 20 heavy (non-hydrogen) atoms. The van der Waals surface area contributed by atoms with Crippen molar-refractivity contribution >= 4 is 30.4 Å². The molecule has 0 aromatic heterocycles. The van der Waals surface area contributed by atoms with E-state index in [-0.39, 0.29) is 0 Å². The highest BCUT2D eigenvalue weighted by Gasteiger charge is 2.32. The van der Waals surface area contributed by atoms with Gasteiger partial charge in [-0.1, -0.05) is 64.7 Å². The molecule has 1 saturated heterocycles. The highest BCUT2D eigenvalue weighted by molar-refractivity contribution is 14.2. The summed E-state index contributed by atoms with van der Waals surface area (Å²) in [5.41, 5.74) is 0.527. The van der Waals surface area contributed by atoms with Crippen molar-refractivity contribution in [1.29, 1.82) is 0 Å². The molecule has 0 aromatic rings. The Morgan fingerprint density at radius 3 is 1.85 bits per heavy atom. The minimum atomic E-state index is 0.527. The predicted octanol–water partition coefficient (Wildman–Crippen LogP) is 6.33. The van der Waals surface area contributed by atoms with Crippen molar-refractivity contribution in [2.45, 2.75) is 77.6 Å². The van der Waals surface area contributed by atoms with Gasteiger partial charge in [0.1, 0.15) is 0 Å². The molecule has 0 aromatic carbocycles. The van der Waals surface area contributed by atoms with Crippen LogP contribution in [0.5, 0.6) is 0 Å². The van der Waals surface area contributed by atoms with Gasteiger partial charge >= 0.3 is 0 Å². The van der Waals surface area contributed by atoms with Crippen molar-refractivity contribution in [2.75, 3.05) is 19.8 Å². The van der Waals surface area contributed by atoms with E-state index >= 15 is 0 Å². The molecule has 1 aliphatic heterocycles. The molecule has 0 bridgehead atoms. The fourth-order valence-corrected chi connectivity index (χ4v) is 3.47. The molecule has 0 amide bonds. The molecule has 0 atom stereocenters. The van der Waals surface area contributed by atoms with E-state index in [1.807, 2.05) is 0 Å². The third kappa shape index (κ3) is 9.85. The summed E-state index contributed by atoms with van der Waals surface area (Å²) in [4.78, 5) is 0. The molecule has 1 heterocycles. The molecule has 0 radical (unpaired) electrons. The van der Waals surface area contributed by atoms with E-state index in [1.54, 1.807) is 0 Å². The maximum Gasteiger partial charge on any atom is 0.0650 e. The van der Waals surface area contributed by atoms with Crippen molar-refractivity contribution in [3.8, 4) is 0 Å². The van der Waals surface area contributed by atoms with Gasteiger partial charge in [0.05, 0.1) is 29.0 Å². The van der Waals surface area contributed by atoms with Crippen LogP contribution >= 0.6 is 30.4 Å². The van der Waals surface area contributed by atoms with Gasteiger partial charge in [-0.3, -0.25) is 0 Å². The Balaban J connectivity index is 1.68. The van der Waals surface area contributed by atoms with E-state index in [4.69, 9.17) is 8.92 Å². The lowest BCUT2D eigenvalue weighted by Gasteiger charge is -2.38. The molecular formula is C16H31IO2S. The van der Waals surface area contributed by atoms with Crippen LogP contribution in [0.3, 0.4) is 0 Å². The lowest BCUT2D eigenvalue weighted by atomic mass is 9.83. The molecular weight excluding hydrogens is 383 g/mol. The molecule has 120 valence electrons. The molecule has 1 rings (SSSR count). The molecule has 0 unspecified atom stereocenters. The van der Waals surface area contributed by atoms with E-state index < -0.39 is 0 Å². The summed E-state index contributed by atoms with van der Waals surface area (Å²) in [6.07, 6.45) is 15.2. The van der Waals surface area contributed by atoms with E-state index in [2.05, 4.69) is 28.1 Å². The van der Waals surface area contributed by atoms with Crippen LogP contribution in [-0.4, -0.2) is 19.8 Å². The van der Waals surface area contributed by atoms with Gasteiger partial charge in [-0.25, -0.2) is 0 Å². The van der Waals surface area contributed by atoms with Crippen molar-refractivity contribution in [3.05, 3.63) is 0 Å². The Labute approximate surface area is 141 Å². The van der Waals surface area contributed by atoms with Crippen molar-refractivity contribution in [2.24, 2.45) is 5.41 Å². The second-order valence-corrected chi connectivity index (χ2v) is 7.91. The average molecular weight is 414 g/mol. The Kier molecular flexibility index (Phi) is 11.9. The Morgan fingerprint density at radius 2 is 1.40 bits per heavy atom. The number of halogens is 1. The third-order valence-electron chi connectivity index (χ3n) is 4.20. The van der Waals surface area contributed by atoms with Crippen molar-refractivity contribution in [1.82, 2.24) is 0 Å². The minimum absolute atomic E-state index is 0.527. The fraction of sp³-hybridized carbons (Fsp3) is 1.00. The third-order valence-corrected chi connectivity index (χ3v) is 5.22. The number of unbranched alkanes of at least 4 members (excludes halogenated alkanes) is 9. The van der Waals surface area contributed by atoms with Crippen molar-refractivity contribution < 1.29 is 8.92 Å². The molecule has 2 nitrogen and oxygen atoms in total. The lowest BCUT2D eigenvalue weighted by molar-refractivity contribution is -0.106. The van der Waals surface area contributed by atoms with Gasteiger partial charge in [0.15, 0.2) is 0 Å². The van der Waals surface area contributed by atoms with Crippen molar-refractivity contribution in [3.63, 3.8) is 0 Å². The maximum absolute atomic E-state index is 5.29. The molecule has 0 spiro atoms. The highest BCUT2D eigenvalue weighted by atomic mass is 127. The van der Waals surface area contributed by atoms with Gasteiger partial charge in [-0.2, -0.15) is 0 Å². The van der Waals surface area contributed by atoms with Gasteiger partial charge in [0.2, 0.25) is 0 Å². The molecule has 0 saturated carbocycles. The summed E-state index contributed by atoms with van der Waals surface area (Å²) in [6, 6.07) is 0. The Morgan fingerprint density at radius 1 is 0.900 bits per heavy atom. The van der Waals surface area contributed by atoms with Gasteiger partial charge < -0.3 is 8.92 Å². The number of ether oxygens (including phenoxy) is 1. The summed E-state index contributed by atoms with van der Waals surface area (Å²) in [5, 5.41) is 0. The van der Waals surface area contributed by atoms with Gasteiger partial charge in [-0.05, 0) is 12.8 Å². The first-order valence-electron chi connectivity index (χ1n) is 8.25. The van der Waals surface area contributed by atoms with E-state index in [0.29, 0.717) is 5.41 Å². The minimum Gasteiger partial charge on any atom is -0.380 e. The zero-order valence-corrected chi connectivity index (χ0v) is 16.0. The van der Waals surface area contributed by atoms with E-state index in [9.17, 15) is 0 Å². The monoisotopic (exact) mass is 414 g/mol. The zero-order chi connectivity index (χ0) is 14.5. The van der Waals surface area contributed by atoms with Crippen LogP contribution in [0.2, 0.25) is 0 Å². The average Bonchev–Trinajstić information content (AvgIpc) is 2.42. The smallest absolute Gasteiger partial charge is 0.0650 e. The first-order chi connectivity index (χ1) is 9.77.